The predicted molar refractivity (Wildman–Crippen MR) is 143 cm³/mol. The Morgan fingerprint density at radius 2 is 1.89 bits per heavy atom. The van der Waals surface area contributed by atoms with Crippen LogP contribution in [0, 0.1) is 12.8 Å². The second-order valence-corrected chi connectivity index (χ2v) is 9.51. The van der Waals surface area contributed by atoms with Crippen LogP contribution in [0.2, 0.25) is 0 Å². The first kappa shape index (κ1) is 25.3. The third kappa shape index (κ3) is 6.30. The summed E-state index contributed by atoms with van der Waals surface area (Å²) < 4.78 is 5.48. The Kier molecular flexibility index (Phi) is 7.84. The van der Waals surface area contributed by atoms with Crippen molar-refractivity contribution in [3.8, 4) is 11.4 Å². The number of amides is 2. The Bertz CT molecular complexity index is 1400. The van der Waals surface area contributed by atoms with Crippen molar-refractivity contribution in [2.45, 2.75) is 32.9 Å². The molecule has 9 nitrogen and oxygen atoms in total. The Hall–Kier alpha value is -4.37. The molecule has 0 aliphatic carbocycles. The van der Waals surface area contributed by atoms with E-state index in [-0.39, 0.29) is 17.7 Å². The summed E-state index contributed by atoms with van der Waals surface area (Å²) in [5, 5.41) is 10.00. The number of para-hydroxylation sites is 1. The van der Waals surface area contributed by atoms with Crippen LogP contribution in [-0.4, -0.2) is 44.9 Å². The van der Waals surface area contributed by atoms with Gasteiger partial charge in [0.1, 0.15) is 0 Å². The highest BCUT2D eigenvalue weighted by Gasteiger charge is 2.27. The molecule has 5 rings (SSSR count). The van der Waals surface area contributed by atoms with Gasteiger partial charge in [0, 0.05) is 30.4 Å². The number of hydrogen-bond donors (Lipinski definition) is 2. The van der Waals surface area contributed by atoms with E-state index in [9.17, 15) is 9.59 Å². The lowest BCUT2D eigenvalue weighted by Crippen LogP contribution is -2.38. The molecule has 1 aliphatic rings. The van der Waals surface area contributed by atoms with E-state index in [0.29, 0.717) is 48.9 Å². The highest BCUT2D eigenvalue weighted by molar-refractivity contribution is 6.04. The minimum atomic E-state index is -0.246. The smallest absolute Gasteiger partial charge is 0.253 e. The molecule has 2 amide bonds. The number of carbonyl (C=O) groups excluding carboxylic acids is 2. The van der Waals surface area contributed by atoms with Crippen molar-refractivity contribution in [3.63, 3.8) is 0 Å². The lowest BCUT2D eigenvalue weighted by molar-refractivity contribution is -0.121. The molecule has 0 spiro atoms. The van der Waals surface area contributed by atoms with Crippen LogP contribution in [0.1, 0.15) is 40.2 Å². The number of hydrogen-bond acceptors (Lipinski definition) is 7. The van der Waals surface area contributed by atoms with E-state index in [0.717, 1.165) is 29.8 Å². The SMILES string of the molecule is Cc1cccc(-c2noc(CN3CCC(C(=O)Nc4ccccc4C(=O)NCc4cccnc4)CC3)n2)c1. The fourth-order valence-electron chi connectivity index (χ4n) is 4.57. The number of benzene rings is 2. The Morgan fingerprint density at radius 1 is 1.05 bits per heavy atom. The number of rotatable bonds is 8. The fraction of sp³-hybridized carbons (Fsp3) is 0.276. The van der Waals surface area contributed by atoms with Crippen molar-refractivity contribution < 1.29 is 14.1 Å². The average Bonchev–Trinajstić information content (AvgIpc) is 3.41. The zero-order valence-corrected chi connectivity index (χ0v) is 21.3. The first-order chi connectivity index (χ1) is 18.5. The standard InChI is InChI=1S/C29H30N6O3/c1-20-6-4-8-23(16-20)27-33-26(38-34-27)19-35-14-11-22(12-15-35)28(36)32-25-10-3-2-9-24(25)29(37)31-18-21-7-5-13-30-17-21/h2-10,13,16-17,22H,11-12,14-15,18-19H2,1H3,(H,31,37)(H,32,36). The van der Waals surface area contributed by atoms with Crippen molar-refractivity contribution in [1.82, 2.24) is 25.3 Å². The molecule has 38 heavy (non-hydrogen) atoms. The van der Waals surface area contributed by atoms with Gasteiger partial charge in [0.05, 0.1) is 17.8 Å². The van der Waals surface area contributed by atoms with Crippen molar-refractivity contribution >= 4 is 17.5 Å². The summed E-state index contributed by atoms with van der Waals surface area (Å²) in [7, 11) is 0. The van der Waals surface area contributed by atoms with Gasteiger partial charge in [0.15, 0.2) is 0 Å². The summed E-state index contributed by atoms with van der Waals surface area (Å²) >= 11 is 0. The number of piperidine rings is 1. The third-order valence-corrected chi connectivity index (χ3v) is 6.67. The molecule has 194 valence electrons. The van der Waals surface area contributed by atoms with Gasteiger partial charge in [-0.3, -0.25) is 19.5 Å². The molecule has 3 heterocycles. The van der Waals surface area contributed by atoms with E-state index in [1.165, 1.54) is 0 Å². The molecule has 1 fully saturated rings. The van der Waals surface area contributed by atoms with Crippen LogP contribution in [0.25, 0.3) is 11.4 Å². The molecule has 0 unspecified atom stereocenters. The Balaban J connectivity index is 1.13. The first-order valence-electron chi connectivity index (χ1n) is 12.7. The van der Waals surface area contributed by atoms with E-state index in [2.05, 4.69) is 30.7 Å². The monoisotopic (exact) mass is 510 g/mol. The van der Waals surface area contributed by atoms with Crippen LogP contribution in [0.4, 0.5) is 5.69 Å². The normalized spacial score (nSPS) is 14.2. The lowest BCUT2D eigenvalue weighted by Gasteiger charge is -2.30. The molecule has 0 radical (unpaired) electrons. The van der Waals surface area contributed by atoms with Crippen LogP contribution < -0.4 is 10.6 Å². The van der Waals surface area contributed by atoms with Crippen molar-refractivity contribution in [2.75, 3.05) is 18.4 Å². The number of aryl methyl sites for hydroxylation is 1. The maximum Gasteiger partial charge on any atom is 0.253 e. The van der Waals surface area contributed by atoms with Crippen LogP contribution >= 0.6 is 0 Å². The summed E-state index contributed by atoms with van der Waals surface area (Å²) in [6, 6.07) is 18.8. The number of pyridine rings is 1. The van der Waals surface area contributed by atoms with Crippen LogP contribution in [0.3, 0.4) is 0 Å². The van der Waals surface area contributed by atoms with Gasteiger partial charge in [0.25, 0.3) is 5.91 Å². The topological polar surface area (TPSA) is 113 Å². The summed E-state index contributed by atoms with van der Waals surface area (Å²) in [4.78, 5) is 36.7. The van der Waals surface area contributed by atoms with Gasteiger partial charge in [-0.15, -0.1) is 0 Å². The fourth-order valence-corrected chi connectivity index (χ4v) is 4.57. The van der Waals surface area contributed by atoms with Gasteiger partial charge in [-0.1, -0.05) is 47.1 Å². The zero-order valence-electron chi connectivity index (χ0n) is 21.3. The summed E-state index contributed by atoms with van der Waals surface area (Å²) in [6.45, 7) is 4.43. The number of anilines is 1. The zero-order chi connectivity index (χ0) is 26.3. The van der Waals surface area contributed by atoms with Crippen molar-refractivity contribution in [3.05, 3.63) is 95.6 Å². The van der Waals surface area contributed by atoms with E-state index < -0.39 is 0 Å². The van der Waals surface area contributed by atoms with E-state index in [1.54, 1.807) is 30.6 Å². The molecule has 2 aromatic heterocycles. The molecule has 4 aromatic rings. The third-order valence-electron chi connectivity index (χ3n) is 6.67. The van der Waals surface area contributed by atoms with Crippen LogP contribution in [-0.2, 0) is 17.9 Å². The molecule has 2 aromatic carbocycles. The molecule has 1 saturated heterocycles. The Labute approximate surface area is 221 Å². The summed E-state index contributed by atoms with van der Waals surface area (Å²) in [5.41, 5.74) is 3.92. The van der Waals surface area contributed by atoms with Gasteiger partial charge in [-0.2, -0.15) is 4.98 Å². The molecular formula is C29H30N6O3. The van der Waals surface area contributed by atoms with Crippen LogP contribution in [0.5, 0.6) is 0 Å². The minimum absolute atomic E-state index is 0.0725. The van der Waals surface area contributed by atoms with Gasteiger partial charge in [-0.05, 0) is 62.7 Å². The predicted octanol–water partition coefficient (Wildman–Crippen LogP) is 4.22. The summed E-state index contributed by atoms with van der Waals surface area (Å²) in [5.74, 6) is 0.695. The largest absolute Gasteiger partial charge is 0.348 e. The first-order valence-corrected chi connectivity index (χ1v) is 12.7. The lowest BCUT2D eigenvalue weighted by atomic mass is 9.95. The number of nitrogens with zero attached hydrogens (tertiary/aromatic N) is 4. The van der Waals surface area contributed by atoms with E-state index >= 15 is 0 Å². The number of likely N-dealkylation sites (tertiary alicyclic amines) is 1. The number of nitrogens with one attached hydrogen (secondary N) is 2. The van der Waals surface area contributed by atoms with Gasteiger partial charge in [0.2, 0.25) is 17.6 Å². The maximum atomic E-state index is 13.1. The molecule has 0 bridgehead atoms. The second-order valence-electron chi connectivity index (χ2n) is 9.51. The molecule has 0 saturated carbocycles. The maximum absolute atomic E-state index is 13.1. The van der Waals surface area contributed by atoms with Crippen molar-refractivity contribution in [1.29, 1.82) is 0 Å². The molecule has 2 N–H and O–H groups in total. The average molecular weight is 511 g/mol. The highest BCUT2D eigenvalue weighted by Crippen LogP contribution is 2.23. The van der Waals surface area contributed by atoms with Gasteiger partial charge < -0.3 is 15.2 Å². The molecule has 9 heteroatoms. The van der Waals surface area contributed by atoms with Crippen molar-refractivity contribution in [2.24, 2.45) is 5.92 Å². The van der Waals surface area contributed by atoms with E-state index in [1.807, 2.05) is 49.4 Å². The second kappa shape index (κ2) is 11.8. The van der Waals surface area contributed by atoms with Gasteiger partial charge in [-0.25, -0.2) is 0 Å². The molecular weight excluding hydrogens is 480 g/mol. The quantitative estimate of drug-likeness (QED) is 0.365. The summed E-state index contributed by atoms with van der Waals surface area (Å²) in [6.07, 6.45) is 4.82. The van der Waals surface area contributed by atoms with Crippen LogP contribution in [0.15, 0.2) is 77.6 Å². The minimum Gasteiger partial charge on any atom is -0.348 e. The molecule has 0 atom stereocenters. The molecule has 1 aliphatic heterocycles. The van der Waals surface area contributed by atoms with Gasteiger partial charge >= 0.3 is 0 Å². The number of aromatic nitrogens is 3. The Morgan fingerprint density at radius 3 is 2.68 bits per heavy atom. The highest BCUT2D eigenvalue weighted by atomic mass is 16.5. The number of carbonyl (C=O) groups is 2. The van der Waals surface area contributed by atoms with E-state index in [4.69, 9.17) is 4.52 Å².